The standard InChI is InChI=1S/C16H24FN/c1-12-9-14(11-15(17)10-12)16(18)13-7-5-3-2-4-6-8-13/h9-11,13,16H,2-8,18H2,1H3. The second-order valence-corrected chi connectivity index (χ2v) is 5.69. The van der Waals surface area contributed by atoms with E-state index in [9.17, 15) is 4.39 Å². The summed E-state index contributed by atoms with van der Waals surface area (Å²) >= 11 is 0. The van der Waals surface area contributed by atoms with E-state index in [1.807, 2.05) is 13.0 Å². The van der Waals surface area contributed by atoms with Gasteiger partial charge in [0, 0.05) is 6.04 Å². The number of hydrogen-bond acceptors (Lipinski definition) is 1. The lowest BCUT2D eigenvalue weighted by atomic mass is 9.83. The molecule has 1 aromatic rings. The van der Waals surface area contributed by atoms with E-state index in [2.05, 4.69) is 0 Å². The van der Waals surface area contributed by atoms with Crippen LogP contribution in [0.4, 0.5) is 4.39 Å². The van der Waals surface area contributed by atoms with E-state index in [0.717, 1.165) is 11.1 Å². The van der Waals surface area contributed by atoms with Crippen LogP contribution < -0.4 is 5.73 Å². The quantitative estimate of drug-likeness (QED) is 0.820. The van der Waals surface area contributed by atoms with Gasteiger partial charge in [-0.1, -0.05) is 38.2 Å². The van der Waals surface area contributed by atoms with Crippen LogP contribution in [0.3, 0.4) is 0 Å². The van der Waals surface area contributed by atoms with Gasteiger partial charge in [0.15, 0.2) is 0 Å². The Morgan fingerprint density at radius 3 is 2.28 bits per heavy atom. The molecule has 1 aromatic carbocycles. The molecule has 100 valence electrons. The fourth-order valence-electron chi connectivity index (χ4n) is 3.08. The van der Waals surface area contributed by atoms with Crippen molar-refractivity contribution in [1.29, 1.82) is 0 Å². The summed E-state index contributed by atoms with van der Waals surface area (Å²) in [5.74, 6) is 0.359. The summed E-state index contributed by atoms with van der Waals surface area (Å²) in [6.07, 6.45) is 8.94. The Morgan fingerprint density at radius 2 is 1.67 bits per heavy atom. The first-order valence-corrected chi connectivity index (χ1v) is 7.19. The number of rotatable bonds is 2. The summed E-state index contributed by atoms with van der Waals surface area (Å²) < 4.78 is 13.4. The molecule has 1 atom stereocenters. The molecule has 2 N–H and O–H groups in total. The molecule has 1 saturated carbocycles. The molecule has 0 heterocycles. The Labute approximate surface area is 110 Å². The third kappa shape index (κ3) is 3.55. The monoisotopic (exact) mass is 249 g/mol. The lowest BCUT2D eigenvalue weighted by Gasteiger charge is -2.26. The molecule has 0 aliphatic heterocycles. The van der Waals surface area contributed by atoms with Gasteiger partial charge < -0.3 is 5.73 Å². The summed E-state index contributed by atoms with van der Waals surface area (Å²) in [7, 11) is 0. The van der Waals surface area contributed by atoms with Crippen molar-refractivity contribution in [2.75, 3.05) is 0 Å². The van der Waals surface area contributed by atoms with Gasteiger partial charge in [-0.2, -0.15) is 0 Å². The Bertz CT molecular complexity index is 360. The highest BCUT2D eigenvalue weighted by atomic mass is 19.1. The maximum Gasteiger partial charge on any atom is 0.123 e. The molecule has 0 spiro atoms. The smallest absolute Gasteiger partial charge is 0.123 e. The number of aryl methyl sites for hydroxylation is 1. The minimum Gasteiger partial charge on any atom is -0.324 e. The Morgan fingerprint density at radius 1 is 1.06 bits per heavy atom. The molecular formula is C16H24FN. The minimum absolute atomic E-state index is 0.00231. The van der Waals surface area contributed by atoms with Crippen molar-refractivity contribution in [2.45, 2.75) is 57.9 Å². The van der Waals surface area contributed by atoms with E-state index in [1.165, 1.54) is 44.9 Å². The molecule has 1 aliphatic rings. The van der Waals surface area contributed by atoms with Crippen molar-refractivity contribution in [3.05, 3.63) is 35.1 Å². The molecule has 1 nitrogen and oxygen atoms in total. The fraction of sp³-hybridized carbons (Fsp3) is 0.625. The van der Waals surface area contributed by atoms with Crippen LogP contribution in [-0.4, -0.2) is 0 Å². The largest absolute Gasteiger partial charge is 0.324 e. The Kier molecular flexibility index (Phi) is 4.76. The Hall–Kier alpha value is -0.890. The van der Waals surface area contributed by atoms with Gasteiger partial charge >= 0.3 is 0 Å². The van der Waals surface area contributed by atoms with Crippen LogP contribution >= 0.6 is 0 Å². The Balaban J connectivity index is 2.10. The third-order valence-electron chi connectivity index (χ3n) is 4.11. The summed E-state index contributed by atoms with van der Waals surface area (Å²) in [6.45, 7) is 1.93. The summed E-state index contributed by atoms with van der Waals surface area (Å²) in [4.78, 5) is 0. The zero-order valence-electron chi connectivity index (χ0n) is 11.3. The van der Waals surface area contributed by atoms with Crippen molar-refractivity contribution in [3.63, 3.8) is 0 Å². The van der Waals surface area contributed by atoms with Crippen LogP contribution in [0.15, 0.2) is 18.2 Å². The molecule has 0 radical (unpaired) electrons. The molecule has 2 heteroatoms. The zero-order valence-corrected chi connectivity index (χ0v) is 11.3. The molecule has 18 heavy (non-hydrogen) atoms. The van der Waals surface area contributed by atoms with Crippen molar-refractivity contribution >= 4 is 0 Å². The van der Waals surface area contributed by atoms with Gasteiger partial charge in [-0.25, -0.2) is 4.39 Å². The van der Waals surface area contributed by atoms with Crippen molar-refractivity contribution in [1.82, 2.24) is 0 Å². The third-order valence-corrected chi connectivity index (χ3v) is 4.11. The fourth-order valence-corrected chi connectivity index (χ4v) is 3.08. The minimum atomic E-state index is -0.161. The number of halogens is 1. The number of nitrogens with two attached hydrogens (primary N) is 1. The van der Waals surface area contributed by atoms with Crippen LogP contribution in [0.1, 0.15) is 62.1 Å². The average Bonchev–Trinajstić information content (AvgIpc) is 2.26. The molecule has 0 aromatic heterocycles. The lowest BCUT2D eigenvalue weighted by Crippen LogP contribution is -2.22. The second kappa shape index (κ2) is 6.33. The highest BCUT2D eigenvalue weighted by molar-refractivity contribution is 5.26. The van der Waals surface area contributed by atoms with Gasteiger partial charge in [0.2, 0.25) is 0 Å². The molecule has 0 amide bonds. The lowest BCUT2D eigenvalue weighted by molar-refractivity contribution is 0.327. The zero-order chi connectivity index (χ0) is 13.0. The van der Waals surface area contributed by atoms with Gasteiger partial charge in [0.05, 0.1) is 0 Å². The van der Waals surface area contributed by atoms with Crippen LogP contribution in [-0.2, 0) is 0 Å². The van der Waals surface area contributed by atoms with Gasteiger partial charge in [0.25, 0.3) is 0 Å². The van der Waals surface area contributed by atoms with Gasteiger partial charge in [0.1, 0.15) is 5.82 Å². The molecule has 0 saturated heterocycles. The molecular weight excluding hydrogens is 225 g/mol. The van der Waals surface area contributed by atoms with Gasteiger partial charge in [-0.05, 0) is 48.9 Å². The predicted octanol–water partition coefficient (Wildman–Crippen LogP) is 4.49. The first-order valence-electron chi connectivity index (χ1n) is 7.19. The van der Waals surface area contributed by atoms with E-state index in [0.29, 0.717) is 5.92 Å². The van der Waals surface area contributed by atoms with E-state index in [4.69, 9.17) is 5.73 Å². The van der Waals surface area contributed by atoms with Crippen LogP contribution in [0.2, 0.25) is 0 Å². The number of benzene rings is 1. The van der Waals surface area contributed by atoms with Crippen molar-refractivity contribution < 1.29 is 4.39 Å². The molecule has 0 bridgehead atoms. The maximum absolute atomic E-state index is 13.4. The van der Waals surface area contributed by atoms with Crippen molar-refractivity contribution in [2.24, 2.45) is 11.7 Å². The topological polar surface area (TPSA) is 26.0 Å². The van der Waals surface area contributed by atoms with Crippen molar-refractivity contribution in [3.8, 4) is 0 Å². The van der Waals surface area contributed by atoms with Gasteiger partial charge in [-0.3, -0.25) is 0 Å². The normalized spacial score (nSPS) is 20.2. The highest BCUT2D eigenvalue weighted by Gasteiger charge is 2.20. The molecule has 1 unspecified atom stereocenters. The van der Waals surface area contributed by atoms with E-state index in [-0.39, 0.29) is 11.9 Å². The predicted molar refractivity (Wildman–Crippen MR) is 73.9 cm³/mol. The SMILES string of the molecule is Cc1cc(F)cc(C(N)C2CCCCCCC2)c1. The maximum atomic E-state index is 13.4. The first kappa shape index (κ1) is 13.5. The highest BCUT2D eigenvalue weighted by Crippen LogP contribution is 2.31. The second-order valence-electron chi connectivity index (χ2n) is 5.69. The van der Waals surface area contributed by atoms with Gasteiger partial charge in [-0.15, -0.1) is 0 Å². The van der Waals surface area contributed by atoms with E-state index >= 15 is 0 Å². The molecule has 1 aliphatic carbocycles. The van der Waals surface area contributed by atoms with E-state index in [1.54, 1.807) is 12.1 Å². The molecule has 1 fully saturated rings. The summed E-state index contributed by atoms with van der Waals surface area (Å²) in [5, 5.41) is 0. The first-order chi connectivity index (χ1) is 8.66. The van der Waals surface area contributed by atoms with Crippen LogP contribution in [0.25, 0.3) is 0 Å². The summed E-state index contributed by atoms with van der Waals surface area (Å²) in [5.41, 5.74) is 8.30. The van der Waals surface area contributed by atoms with E-state index < -0.39 is 0 Å². The van der Waals surface area contributed by atoms with Crippen LogP contribution in [0, 0.1) is 18.7 Å². The van der Waals surface area contributed by atoms with Crippen LogP contribution in [0.5, 0.6) is 0 Å². The average molecular weight is 249 g/mol. The summed E-state index contributed by atoms with van der Waals surface area (Å²) in [6, 6.07) is 5.20. The molecule has 2 rings (SSSR count). The number of hydrogen-bond donors (Lipinski definition) is 1.